The number of rotatable bonds is 4. The molecule has 1 unspecified atom stereocenters. The second kappa shape index (κ2) is 6.22. The number of benzene rings is 1. The van der Waals surface area contributed by atoms with Gasteiger partial charge in [-0.15, -0.1) is 6.42 Å². The van der Waals surface area contributed by atoms with Gasteiger partial charge >= 0.3 is 5.97 Å². The first-order chi connectivity index (χ1) is 9.61. The Morgan fingerprint density at radius 2 is 2.30 bits per heavy atom. The fourth-order valence-electron chi connectivity index (χ4n) is 2.12. The highest BCUT2D eigenvalue weighted by molar-refractivity contribution is 6.14. The minimum atomic E-state index is -1.04. The van der Waals surface area contributed by atoms with Crippen LogP contribution in [0.4, 0.5) is 5.69 Å². The van der Waals surface area contributed by atoms with Crippen LogP contribution in [0, 0.1) is 17.8 Å². The summed E-state index contributed by atoms with van der Waals surface area (Å²) in [5.74, 6) is 1.19. The van der Waals surface area contributed by atoms with Crippen molar-refractivity contribution in [2.45, 2.75) is 25.5 Å². The molecule has 1 atom stereocenters. The lowest BCUT2D eigenvalue weighted by molar-refractivity contribution is 0.0343. The van der Waals surface area contributed by atoms with Crippen molar-refractivity contribution in [1.82, 2.24) is 0 Å². The molecule has 1 saturated heterocycles. The largest absolute Gasteiger partial charge is 0.478 e. The van der Waals surface area contributed by atoms with Crippen LogP contribution in [0.25, 0.3) is 0 Å². The molecule has 20 heavy (non-hydrogen) atoms. The summed E-state index contributed by atoms with van der Waals surface area (Å²) in [4.78, 5) is 11.0. The second-order valence-electron chi connectivity index (χ2n) is 4.58. The van der Waals surface area contributed by atoms with Crippen LogP contribution >= 0.6 is 0 Å². The molecule has 0 saturated carbocycles. The van der Waals surface area contributed by atoms with Crippen molar-refractivity contribution in [2.75, 3.05) is 11.9 Å². The lowest BCUT2D eigenvalue weighted by Crippen LogP contribution is -2.28. The number of nitrogens with one attached hydrogen (secondary N) is 2. The molecular weight excluding hydrogens is 256 g/mol. The quantitative estimate of drug-likeness (QED) is 0.580. The van der Waals surface area contributed by atoms with Crippen LogP contribution in [0.5, 0.6) is 0 Å². The SMILES string of the molecule is C#CC(=N)c1cc(C(=O)O)ccc1NC1CCCCO1. The number of terminal acetylenes is 1. The zero-order valence-electron chi connectivity index (χ0n) is 11.0. The minimum Gasteiger partial charge on any atom is -0.478 e. The maximum atomic E-state index is 11.0. The zero-order valence-corrected chi connectivity index (χ0v) is 11.0. The summed E-state index contributed by atoms with van der Waals surface area (Å²) >= 11 is 0. The van der Waals surface area contributed by atoms with Crippen LogP contribution < -0.4 is 5.32 Å². The summed E-state index contributed by atoms with van der Waals surface area (Å²) in [5.41, 5.74) is 1.09. The third kappa shape index (κ3) is 3.16. The van der Waals surface area contributed by atoms with Gasteiger partial charge in [-0.2, -0.15) is 0 Å². The van der Waals surface area contributed by atoms with Crippen LogP contribution in [-0.4, -0.2) is 29.6 Å². The maximum absolute atomic E-state index is 11.0. The van der Waals surface area contributed by atoms with Crippen LogP contribution in [0.15, 0.2) is 18.2 Å². The normalized spacial score (nSPS) is 18.1. The molecule has 2 rings (SSSR count). The molecule has 1 heterocycles. The van der Waals surface area contributed by atoms with Gasteiger partial charge in [-0.1, -0.05) is 5.92 Å². The van der Waals surface area contributed by atoms with E-state index in [1.54, 1.807) is 6.07 Å². The number of carboxylic acid groups (broad SMARTS) is 1. The molecule has 5 nitrogen and oxygen atoms in total. The Balaban J connectivity index is 2.28. The van der Waals surface area contributed by atoms with Gasteiger partial charge in [0.1, 0.15) is 11.9 Å². The number of carbonyl (C=O) groups is 1. The number of anilines is 1. The Hall–Kier alpha value is -2.32. The first-order valence-electron chi connectivity index (χ1n) is 6.43. The van der Waals surface area contributed by atoms with Crippen molar-refractivity contribution in [3.8, 4) is 12.3 Å². The van der Waals surface area contributed by atoms with E-state index in [9.17, 15) is 4.79 Å². The molecule has 1 aliphatic heterocycles. The summed E-state index contributed by atoms with van der Waals surface area (Å²) < 4.78 is 5.58. The standard InChI is InChI=1S/C15H16N2O3/c1-2-12(16)11-9-10(15(18)19)6-7-13(11)17-14-5-3-4-8-20-14/h1,6-7,9,14,16-17H,3-5,8H2,(H,18,19). The second-order valence-corrected chi connectivity index (χ2v) is 4.58. The van der Waals surface area contributed by atoms with Gasteiger partial charge in [-0.05, 0) is 37.5 Å². The summed E-state index contributed by atoms with van der Waals surface area (Å²) in [7, 11) is 0. The van der Waals surface area contributed by atoms with Gasteiger partial charge in [-0.3, -0.25) is 5.41 Å². The first kappa shape index (κ1) is 14.1. The molecule has 0 spiro atoms. The van der Waals surface area contributed by atoms with E-state index in [4.69, 9.17) is 21.7 Å². The monoisotopic (exact) mass is 272 g/mol. The predicted octanol–water partition coefficient (Wildman–Crippen LogP) is 2.32. The van der Waals surface area contributed by atoms with Gasteiger partial charge < -0.3 is 15.2 Å². The van der Waals surface area contributed by atoms with Gasteiger partial charge in [0.05, 0.1) is 5.56 Å². The Kier molecular flexibility index (Phi) is 4.38. The lowest BCUT2D eigenvalue weighted by atomic mass is 10.0. The van der Waals surface area contributed by atoms with E-state index in [-0.39, 0.29) is 17.5 Å². The van der Waals surface area contributed by atoms with Gasteiger partial charge in [0.2, 0.25) is 0 Å². The van der Waals surface area contributed by atoms with Crippen molar-refractivity contribution in [2.24, 2.45) is 0 Å². The Labute approximate surface area is 117 Å². The molecule has 5 heteroatoms. The van der Waals surface area contributed by atoms with E-state index in [1.807, 2.05) is 0 Å². The van der Waals surface area contributed by atoms with Crippen molar-refractivity contribution >= 4 is 17.4 Å². The van der Waals surface area contributed by atoms with E-state index in [0.717, 1.165) is 19.3 Å². The van der Waals surface area contributed by atoms with E-state index < -0.39 is 5.97 Å². The summed E-state index contributed by atoms with van der Waals surface area (Å²) in [6, 6.07) is 4.53. The molecule has 1 fully saturated rings. The molecule has 1 aromatic rings. The van der Waals surface area contributed by atoms with Gasteiger partial charge in [0.25, 0.3) is 0 Å². The molecule has 0 bridgehead atoms. The van der Waals surface area contributed by atoms with Gasteiger partial charge in [0.15, 0.2) is 0 Å². The fourth-order valence-corrected chi connectivity index (χ4v) is 2.12. The van der Waals surface area contributed by atoms with Gasteiger partial charge in [0, 0.05) is 17.9 Å². The van der Waals surface area contributed by atoms with Crippen molar-refractivity contribution in [1.29, 1.82) is 5.41 Å². The smallest absolute Gasteiger partial charge is 0.335 e. The van der Waals surface area contributed by atoms with Crippen LogP contribution in [-0.2, 0) is 4.74 Å². The molecule has 1 aliphatic rings. The van der Waals surface area contributed by atoms with Gasteiger partial charge in [-0.25, -0.2) is 4.79 Å². The molecule has 0 amide bonds. The predicted molar refractivity (Wildman–Crippen MR) is 76.3 cm³/mol. The van der Waals surface area contributed by atoms with E-state index in [2.05, 4.69) is 11.2 Å². The molecule has 0 aliphatic carbocycles. The molecule has 104 valence electrons. The average molecular weight is 272 g/mol. The Morgan fingerprint density at radius 1 is 1.50 bits per heavy atom. The fraction of sp³-hybridized carbons (Fsp3) is 0.333. The number of ether oxygens (including phenoxy) is 1. The molecular formula is C15H16N2O3. The maximum Gasteiger partial charge on any atom is 0.335 e. The summed E-state index contributed by atoms with van der Waals surface area (Å²) in [5, 5.41) is 20.0. The number of hydrogen-bond donors (Lipinski definition) is 3. The molecule has 1 aromatic carbocycles. The molecule has 3 N–H and O–H groups in total. The molecule has 0 radical (unpaired) electrons. The summed E-state index contributed by atoms with van der Waals surface area (Å²) in [6.45, 7) is 0.701. The molecule has 0 aromatic heterocycles. The topological polar surface area (TPSA) is 82.4 Å². The highest BCUT2D eigenvalue weighted by Gasteiger charge is 2.17. The van der Waals surface area contributed by atoms with Crippen LogP contribution in [0.3, 0.4) is 0 Å². The van der Waals surface area contributed by atoms with E-state index in [0.29, 0.717) is 17.9 Å². The Morgan fingerprint density at radius 3 is 2.90 bits per heavy atom. The summed E-state index contributed by atoms with van der Waals surface area (Å²) in [6.07, 6.45) is 8.13. The highest BCUT2D eigenvalue weighted by Crippen LogP contribution is 2.22. The third-order valence-corrected chi connectivity index (χ3v) is 3.18. The van der Waals surface area contributed by atoms with E-state index >= 15 is 0 Å². The van der Waals surface area contributed by atoms with Crippen LogP contribution in [0.1, 0.15) is 35.2 Å². The zero-order chi connectivity index (χ0) is 14.5. The van der Waals surface area contributed by atoms with Crippen molar-refractivity contribution < 1.29 is 14.6 Å². The van der Waals surface area contributed by atoms with Crippen molar-refractivity contribution in [3.63, 3.8) is 0 Å². The average Bonchev–Trinajstić information content (AvgIpc) is 2.47. The minimum absolute atomic E-state index is 0.0496. The number of aromatic carboxylic acids is 1. The Bertz CT molecular complexity index is 569. The van der Waals surface area contributed by atoms with Crippen LogP contribution in [0.2, 0.25) is 0 Å². The number of hydrogen-bond acceptors (Lipinski definition) is 4. The highest BCUT2D eigenvalue weighted by atomic mass is 16.5. The van der Waals surface area contributed by atoms with Crippen molar-refractivity contribution in [3.05, 3.63) is 29.3 Å². The van der Waals surface area contributed by atoms with E-state index in [1.165, 1.54) is 12.1 Å². The number of carboxylic acids is 1. The first-order valence-corrected chi connectivity index (χ1v) is 6.43. The third-order valence-electron chi connectivity index (χ3n) is 3.18. The lowest BCUT2D eigenvalue weighted by Gasteiger charge is -2.25.